The first-order chi connectivity index (χ1) is 7.17. The van der Waals surface area contributed by atoms with E-state index >= 15 is 0 Å². The van der Waals surface area contributed by atoms with Gasteiger partial charge in [0.05, 0.1) is 0 Å². The zero-order valence-corrected chi connectivity index (χ0v) is 8.46. The highest BCUT2D eigenvalue weighted by molar-refractivity contribution is 7.07. The Bertz CT molecular complexity index is 398. The predicted molar refractivity (Wildman–Crippen MR) is 44.8 cm³/mol. The SMILES string of the molecule is FC(F)(F)CN=c1sccn1CC(F)(F)F. The Morgan fingerprint density at radius 2 is 1.75 bits per heavy atom. The molecule has 0 spiro atoms. The lowest BCUT2D eigenvalue weighted by molar-refractivity contribution is -0.141. The Hall–Kier alpha value is -0.990. The molecule has 0 amide bonds. The summed E-state index contributed by atoms with van der Waals surface area (Å²) in [6, 6.07) is 0. The number of aromatic nitrogens is 1. The van der Waals surface area contributed by atoms with E-state index in [2.05, 4.69) is 4.99 Å². The molecule has 0 atom stereocenters. The Labute approximate surface area is 89.8 Å². The molecular formula is C7H6F6N2S. The van der Waals surface area contributed by atoms with Crippen LogP contribution < -0.4 is 4.80 Å². The fourth-order valence-corrected chi connectivity index (χ4v) is 1.62. The number of thiazole rings is 1. The Morgan fingerprint density at radius 3 is 2.25 bits per heavy atom. The second-order valence-corrected chi connectivity index (χ2v) is 3.73. The second-order valence-electron chi connectivity index (χ2n) is 2.86. The van der Waals surface area contributed by atoms with Gasteiger partial charge < -0.3 is 4.57 Å². The van der Waals surface area contributed by atoms with Crippen LogP contribution in [0.3, 0.4) is 0 Å². The van der Waals surface area contributed by atoms with Gasteiger partial charge in [-0.25, -0.2) is 4.99 Å². The molecule has 0 unspecified atom stereocenters. The van der Waals surface area contributed by atoms with Gasteiger partial charge in [0.25, 0.3) is 0 Å². The first-order valence-corrected chi connectivity index (χ1v) is 4.83. The van der Waals surface area contributed by atoms with Gasteiger partial charge in [0.2, 0.25) is 0 Å². The van der Waals surface area contributed by atoms with Crippen molar-refractivity contribution in [3.8, 4) is 0 Å². The maximum absolute atomic E-state index is 12.0. The second kappa shape index (κ2) is 4.48. The molecule has 0 aromatic carbocycles. The molecule has 1 heterocycles. The largest absolute Gasteiger partial charge is 0.408 e. The first kappa shape index (κ1) is 13.1. The summed E-state index contributed by atoms with van der Waals surface area (Å²) >= 11 is 0.727. The summed E-state index contributed by atoms with van der Waals surface area (Å²) in [5, 5.41) is 1.25. The highest BCUT2D eigenvalue weighted by Crippen LogP contribution is 2.17. The van der Waals surface area contributed by atoms with Crippen LogP contribution in [-0.2, 0) is 6.54 Å². The predicted octanol–water partition coefficient (Wildman–Crippen LogP) is 2.57. The zero-order chi connectivity index (χ0) is 12.4. The Morgan fingerprint density at radius 1 is 1.12 bits per heavy atom. The van der Waals surface area contributed by atoms with Gasteiger partial charge in [-0.1, -0.05) is 0 Å². The average Bonchev–Trinajstić information content (AvgIpc) is 2.44. The van der Waals surface area contributed by atoms with Gasteiger partial charge in [0.15, 0.2) is 4.80 Å². The van der Waals surface area contributed by atoms with Crippen molar-refractivity contribution < 1.29 is 26.3 Å². The van der Waals surface area contributed by atoms with E-state index in [1.807, 2.05) is 0 Å². The van der Waals surface area contributed by atoms with Crippen LogP contribution >= 0.6 is 11.3 Å². The summed E-state index contributed by atoms with van der Waals surface area (Å²) in [7, 11) is 0. The van der Waals surface area contributed by atoms with E-state index in [1.54, 1.807) is 0 Å². The van der Waals surface area contributed by atoms with Crippen LogP contribution in [-0.4, -0.2) is 23.5 Å². The fourth-order valence-electron chi connectivity index (χ4n) is 0.895. The van der Waals surface area contributed by atoms with Crippen LogP contribution in [0.5, 0.6) is 0 Å². The van der Waals surface area contributed by atoms with Gasteiger partial charge in [0, 0.05) is 11.6 Å². The number of hydrogen-bond donors (Lipinski definition) is 0. The molecule has 0 N–H and O–H groups in total. The number of alkyl halides is 6. The molecule has 0 aliphatic heterocycles. The van der Waals surface area contributed by atoms with Crippen molar-refractivity contribution in [1.82, 2.24) is 4.57 Å². The van der Waals surface area contributed by atoms with Crippen LogP contribution in [0, 0.1) is 0 Å². The zero-order valence-electron chi connectivity index (χ0n) is 7.64. The van der Waals surface area contributed by atoms with Crippen LogP contribution in [0.25, 0.3) is 0 Å². The monoisotopic (exact) mass is 264 g/mol. The lowest BCUT2D eigenvalue weighted by Gasteiger charge is -2.07. The summed E-state index contributed by atoms with van der Waals surface area (Å²) in [5.74, 6) is 0. The molecule has 0 saturated carbocycles. The third-order valence-electron chi connectivity index (χ3n) is 1.40. The van der Waals surface area contributed by atoms with Crippen LogP contribution in [0.4, 0.5) is 26.3 Å². The third-order valence-corrected chi connectivity index (χ3v) is 2.24. The van der Waals surface area contributed by atoms with Crippen molar-refractivity contribution in [2.45, 2.75) is 18.9 Å². The highest BCUT2D eigenvalue weighted by Gasteiger charge is 2.29. The molecule has 0 bridgehead atoms. The van der Waals surface area contributed by atoms with E-state index in [-0.39, 0.29) is 4.80 Å². The molecule has 0 aliphatic carbocycles. The summed E-state index contributed by atoms with van der Waals surface area (Å²) in [6.45, 7) is -2.82. The molecule has 9 heteroatoms. The summed E-state index contributed by atoms with van der Waals surface area (Å²) < 4.78 is 72.0. The molecule has 0 fully saturated rings. The van der Waals surface area contributed by atoms with Gasteiger partial charge in [-0.15, -0.1) is 11.3 Å². The highest BCUT2D eigenvalue weighted by atomic mass is 32.1. The van der Waals surface area contributed by atoms with Crippen molar-refractivity contribution in [1.29, 1.82) is 0 Å². The van der Waals surface area contributed by atoms with E-state index in [0.717, 1.165) is 17.5 Å². The van der Waals surface area contributed by atoms with Crippen molar-refractivity contribution in [2.75, 3.05) is 6.54 Å². The lowest BCUT2D eigenvalue weighted by atomic mass is 10.6. The molecule has 16 heavy (non-hydrogen) atoms. The number of halogens is 6. The molecule has 1 aromatic rings. The maximum Gasteiger partial charge on any atom is 0.408 e. The Balaban J connectivity index is 2.86. The van der Waals surface area contributed by atoms with E-state index < -0.39 is 25.4 Å². The van der Waals surface area contributed by atoms with Crippen molar-refractivity contribution in [3.63, 3.8) is 0 Å². The summed E-state index contributed by atoms with van der Waals surface area (Å²) in [4.78, 5) is 2.78. The molecule has 0 radical (unpaired) electrons. The van der Waals surface area contributed by atoms with E-state index in [1.165, 1.54) is 5.38 Å². The van der Waals surface area contributed by atoms with Gasteiger partial charge in [-0.05, 0) is 0 Å². The molecular weight excluding hydrogens is 258 g/mol. The van der Waals surface area contributed by atoms with E-state index in [9.17, 15) is 26.3 Å². The van der Waals surface area contributed by atoms with Crippen molar-refractivity contribution >= 4 is 11.3 Å². The van der Waals surface area contributed by atoms with Gasteiger partial charge in [0.1, 0.15) is 13.1 Å². The minimum atomic E-state index is -4.51. The molecule has 1 rings (SSSR count). The molecule has 1 aromatic heterocycles. The molecule has 0 aliphatic rings. The summed E-state index contributed by atoms with van der Waals surface area (Å²) in [6.07, 6.45) is -7.94. The van der Waals surface area contributed by atoms with Crippen molar-refractivity contribution in [3.05, 3.63) is 16.4 Å². The Kier molecular flexibility index (Phi) is 3.66. The van der Waals surface area contributed by atoms with Crippen LogP contribution in [0.15, 0.2) is 16.6 Å². The normalized spacial score (nSPS) is 14.5. The minimum absolute atomic E-state index is 0.297. The first-order valence-electron chi connectivity index (χ1n) is 3.95. The topological polar surface area (TPSA) is 17.3 Å². The summed E-state index contributed by atoms with van der Waals surface area (Å²) in [5.41, 5.74) is 0. The minimum Gasteiger partial charge on any atom is -0.315 e. The van der Waals surface area contributed by atoms with E-state index in [4.69, 9.17) is 0 Å². The number of hydrogen-bond acceptors (Lipinski definition) is 2. The number of nitrogens with zero attached hydrogens (tertiary/aromatic N) is 2. The van der Waals surface area contributed by atoms with Crippen LogP contribution in [0.2, 0.25) is 0 Å². The lowest BCUT2D eigenvalue weighted by Crippen LogP contribution is -2.26. The smallest absolute Gasteiger partial charge is 0.315 e. The quantitative estimate of drug-likeness (QED) is 0.730. The standard InChI is InChI=1S/C7H6F6N2S/c8-6(9,10)3-14-5-15(1-2-16-5)4-7(11,12)13/h1-2H,3-4H2. The molecule has 92 valence electrons. The molecule has 0 saturated heterocycles. The average molecular weight is 264 g/mol. The van der Waals surface area contributed by atoms with Crippen LogP contribution in [0.1, 0.15) is 0 Å². The number of rotatable bonds is 2. The van der Waals surface area contributed by atoms with Gasteiger partial charge >= 0.3 is 12.4 Å². The van der Waals surface area contributed by atoms with E-state index in [0.29, 0.717) is 4.57 Å². The third kappa shape index (κ3) is 4.69. The maximum atomic E-state index is 12.0. The fraction of sp³-hybridized carbons (Fsp3) is 0.571. The molecule has 2 nitrogen and oxygen atoms in total. The van der Waals surface area contributed by atoms with Gasteiger partial charge in [-0.3, -0.25) is 0 Å². The van der Waals surface area contributed by atoms with Crippen molar-refractivity contribution in [2.24, 2.45) is 4.99 Å². The van der Waals surface area contributed by atoms with Gasteiger partial charge in [-0.2, -0.15) is 26.3 Å².